The lowest BCUT2D eigenvalue weighted by atomic mass is 10.0. The Bertz CT molecular complexity index is 368. The second-order valence-electron chi connectivity index (χ2n) is 5.18. The zero-order valence-electron chi connectivity index (χ0n) is 12.0. The Balaban J connectivity index is 1.83. The first-order valence-corrected chi connectivity index (χ1v) is 7.08. The van der Waals surface area contributed by atoms with Crippen LogP contribution in [0.25, 0.3) is 0 Å². The fourth-order valence-corrected chi connectivity index (χ4v) is 2.57. The molecular weight excluding hydrogens is 242 g/mol. The molecule has 2 heterocycles. The largest absolute Gasteiger partial charge is 0.383 e. The molecule has 0 radical (unpaired) electrons. The van der Waals surface area contributed by atoms with Crippen molar-refractivity contribution in [1.82, 2.24) is 25.0 Å². The first kappa shape index (κ1) is 14.4. The summed E-state index contributed by atoms with van der Waals surface area (Å²) in [6, 6.07) is 0.599. The van der Waals surface area contributed by atoms with E-state index in [0.717, 1.165) is 38.6 Å². The third-order valence-corrected chi connectivity index (χ3v) is 3.76. The number of rotatable bonds is 7. The maximum Gasteiger partial charge on any atom is 0.146 e. The van der Waals surface area contributed by atoms with Gasteiger partial charge in [-0.3, -0.25) is 4.90 Å². The smallest absolute Gasteiger partial charge is 0.146 e. The quantitative estimate of drug-likeness (QED) is 0.725. The minimum absolute atomic E-state index is 0.599. The number of methoxy groups -OCH3 is 1. The summed E-state index contributed by atoms with van der Waals surface area (Å²) in [5.41, 5.74) is 0. The first-order valence-electron chi connectivity index (χ1n) is 7.08. The highest BCUT2D eigenvalue weighted by molar-refractivity contribution is 4.88. The Morgan fingerprint density at radius 2 is 2.37 bits per heavy atom. The van der Waals surface area contributed by atoms with Crippen molar-refractivity contribution >= 4 is 0 Å². The standard InChI is InChI=1S/C13H25N5O/c1-17-11-15-16-13(17)10-18-7-4-3-5-12(18)9-14-6-8-19-2/h11-12,14H,3-10H2,1-2H3. The van der Waals surface area contributed by atoms with Crippen LogP contribution in [0.4, 0.5) is 0 Å². The molecule has 1 fully saturated rings. The monoisotopic (exact) mass is 267 g/mol. The van der Waals surface area contributed by atoms with Gasteiger partial charge in [-0.25, -0.2) is 0 Å². The van der Waals surface area contributed by atoms with Gasteiger partial charge in [0.15, 0.2) is 0 Å². The number of piperidine rings is 1. The van der Waals surface area contributed by atoms with Gasteiger partial charge in [0.05, 0.1) is 13.2 Å². The highest BCUT2D eigenvalue weighted by Gasteiger charge is 2.23. The lowest BCUT2D eigenvalue weighted by molar-refractivity contribution is 0.129. The number of aromatic nitrogens is 3. The van der Waals surface area contributed by atoms with Gasteiger partial charge in [0.2, 0.25) is 0 Å². The SMILES string of the molecule is COCCNCC1CCCCN1Cc1nncn1C. The van der Waals surface area contributed by atoms with Gasteiger partial charge >= 0.3 is 0 Å². The molecule has 0 spiro atoms. The molecular formula is C13H25N5O. The summed E-state index contributed by atoms with van der Waals surface area (Å²) in [5, 5.41) is 11.6. The predicted octanol–water partition coefficient (Wildman–Crippen LogP) is 0.406. The number of nitrogens with zero attached hydrogens (tertiary/aromatic N) is 4. The van der Waals surface area contributed by atoms with Crippen LogP contribution in [0.5, 0.6) is 0 Å². The summed E-state index contributed by atoms with van der Waals surface area (Å²) in [7, 11) is 3.74. The summed E-state index contributed by atoms with van der Waals surface area (Å²) in [6.07, 6.45) is 5.64. The molecule has 1 aromatic heterocycles. The van der Waals surface area contributed by atoms with E-state index >= 15 is 0 Å². The molecule has 108 valence electrons. The second kappa shape index (κ2) is 7.57. The van der Waals surface area contributed by atoms with Crippen LogP contribution in [0.1, 0.15) is 25.1 Å². The van der Waals surface area contributed by atoms with Crippen molar-refractivity contribution in [3.8, 4) is 0 Å². The van der Waals surface area contributed by atoms with E-state index in [9.17, 15) is 0 Å². The van der Waals surface area contributed by atoms with Crippen LogP contribution >= 0.6 is 0 Å². The molecule has 1 aliphatic heterocycles. The second-order valence-corrected chi connectivity index (χ2v) is 5.18. The number of ether oxygens (including phenoxy) is 1. The summed E-state index contributed by atoms with van der Waals surface area (Å²) in [4.78, 5) is 2.52. The number of hydrogen-bond donors (Lipinski definition) is 1. The van der Waals surface area contributed by atoms with Gasteiger partial charge in [0, 0.05) is 33.3 Å². The van der Waals surface area contributed by atoms with Gasteiger partial charge in [-0.2, -0.15) is 0 Å². The van der Waals surface area contributed by atoms with Gasteiger partial charge < -0.3 is 14.6 Å². The zero-order valence-corrected chi connectivity index (χ0v) is 12.0. The Morgan fingerprint density at radius 3 is 3.11 bits per heavy atom. The molecule has 1 aromatic rings. The van der Waals surface area contributed by atoms with Crippen molar-refractivity contribution < 1.29 is 4.74 Å². The number of likely N-dealkylation sites (tertiary alicyclic amines) is 1. The van der Waals surface area contributed by atoms with E-state index in [4.69, 9.17) is 4.74 Å². The van der Waals surface area contributed by atoms with E-state index in [1.165, 1.54) is 19.3 Å². The molecule has 1 unspecified atom stereocenters. The van der Waals surface area contributed by atoms with Crippen LogP contribution in [-0.4, -0.2) is 59.1 Å². The van der Waals surface area contributed by atoms with E-state index < -0.39 is 0 Å². The molecule has 0 aromatic carbocycles. The van der Waals surface area contributed by atoms with Crippen molar-refractivity contribution in [2.75, 3.05) is 33.4 Å². The summed E-state index contributed by atoms with van der Waals surface area (Å²) in [5.74, 6) is 1.05. The van der Waals surface area contributed by atoms with Gasteiger partial charge in [-0.15, -0.1) is 10.2 Å². The molecule has 0 bridgehead atoms. The topological polar surface area (TPSA) is 55.2 Å². The molecule has 0 amide bonds. The molecule has 1 N–H and O–H groups in total. The normalized spacial score (nSPS) is 20.8. The summed E-state index contributed by atoms with van der Waals surface area (Å²) in [6.45, 7) is 4.78. The Hall–Kier alpha value is -0.980. The highest BCUT2D eigenvalue weighted by atomic mass is 16.5. The Morgan fingerprint density at radius 1 is 1.47 bits per heavy atom. The van der Waals surface area contributed by atoms with E-state index in [0.29, 0.717) is 6.04 Å². The van der Waals surface area contributed by atoms with Gasteiger partial charge in [0.1, 0.15) is 12.2 Å². The molecule has 19 heavy (non-hydrogen) atoms. The lowest BCUT2D eigenvalue weighted by Crippen LogP contribution is -2.45. The molecule has 2 rings (SSSR count). The third-order valence-electron chi connectivity index (χ3n) is 3.76. The molecule has 0 aliphatic carbocycles. The van der Waals surface area contributed by atoms with E-state index in [1.807, 2.05) is 11.6 Å². The molecule has 1 atom stereocenters. The van der Waals surface area contributed by atoms with Crippen LogP contribution in [-0.2, 0) is 18.3 Å². The minimum atomic E-state index is 0.599. The van der Waals surface area contributed by atoms with Crippen LogP contribution in [0.15, 0.2) is 6.33 Å². The summed E-state index contributed by atoms with van der Waals surface area (Å²) < 4.78 is 7.07. The summed E-state index contributed by atoms with van der Waals surface area (Å²) >= 11 is 0. The van der Waals surface area contributed by atoms with Crippen LogP contribution in [0.2, 0.25) is 0 Å². The van der Waals surface area contributed by atoms with Crippen LogP contribution in [0, 0.1) is 0 Å². The van der Waals surface area contributed by atoms with Crippen molar-refractivity contribution in [3.05, 3.63) is 12.2 Å². The van der Waals surface area contributed by atoms with Crippen LogP contribution in [0.3, 0.4) is 0 Å². The Labute approximate surface area is 115 Å². The third kappa shape index (κ3) is 4.26. The fraction of sp³-hybridized carbons (Fsp3) is 0.846. The predicted molar refractivity (Wildman–Crippen MR) is 73.8 cm³/mol. The maximum absolute atomic E-state index is 5.06. The number of aryl methyl sites for hydroxylation is 1. The van der Waals surface area contributed by atoms with E-state index in [2.05, 4.69) is 20.4 Å². The van der Waals surface area contributed by atoms with E-state index in [-0.39, 0.29) is 0 Å². The van der Waals surface area contributed by atoms with Crippen molar-refractivity contribution in [2.45, 2.75) is 31.8 Å². The van der Waals surface area contributed by atoms with Crippen molar-refractivity contribution in [1.29, 1.82) is 0 Å². The Kier molecular flexibility index (Phi) is 5.75. The van der Waals surface area contributed by atoms with Crippen molar-refractivity contribution in [2.24, 2.45) is 7.05 Å². The average Bonchev–Trinajstić information content (AvgIpc) is 2.82. The van der Waals surface area contributed by atoms with Crippen molar-refractivity contribution in [3.63, 3.8) is 0 Å². The molecule has 0 saturated carbocycles. The fourth-order valence-electron chi connectivity index (χ4n) is 2.57. The zero-order chi connectivity index (χ0) is 13.5. The van der Waals surface area contributed by atoms with Crippen LogP contribution < -0.4 is 5.32 Å². The van der Waals surface area contributed by atoms with Gasteiger partial charge in [-0.1, -0.05) is 6.42 Å². The first-order chi connectivity index (χ1) is 9.31. The number of nitrogens with one attached hydrogen (secondary N) is 1. The average molecular weight is 267 g/mol. The molecule has 1 aliphatic rings. The molecule has 1 saturated heterocycles. The highest BCUT2D eigenvalue weighted by Crippen LogP contribution is 2.18. The van der Waals surface area contributed by atoms with E-state index in [1.54, 1.807) is 13.4 Å². The van der Waals surface area contributed by atoms with Gasteiger partial charge in [0.25, 0.3) is 0 Å². The van der Waals surface area contributed by atoms with Gasteiger partial charge in [-0.05, 0) is 19.4 Å². The maximum atomic E-state index is 5.06. The minimum Gasteiger partial charge on any atom is -0.383 e. The molecule has 6 nitrogen and oxygen atoms in total. The molecule has 6 heteroatoms. The lowest BCUT2D eigenvalue weighted by Gasteiger charge is -2.35. The number of hydrogen-bond acceptors (Lipinski definition) is 5.